The van der Waals surface area contributed by atoms with Gasteiger partial charge in [0.15, 0.2) is 17.5 Å². The van der Waals surface area contributed by atoms with Crippen molar-refractivity contribution >= 4 is 35.6 Å². The summed E-state index contributed by atoms with van der Waals surface area (Å²) in [7, 11) is 3.46. The molecule has 0 bridgehead atoms. The number of guanidine groups is 1. The minimum atomic E-state index is 0. The van der Waals surface area contributed by atoms with Gasteiger partial charge in [-0.15, -0.1) is 24.0 Å². The number of methoxy groups -OCH3 is 1. The first-order valence-electron chi connectivity index (χ1n) is 9.80. The van der Waals surface area contributed by atoms with E-state index < -0.39 is 0 Å². The van der Waals surface area contributed by atoms with Gasteiger partial charge in [0.1, 0.15) is 0 Å². The molecule has 0 saturated carbocycles. The molecule has 0 radical (unpaired) electrons. The first-order chi connectivity index (χ1) is 13.7. The van der Waals surface area contributed by atoms with Gasteiger partial charge in [0, 0.05) is 38.4 Å². The van der Waals surface area contributed by atoms with Crippen LogP contribution in [0.15, 0.2) is 53.5 Å². The molecule has 0 aromatic heterocycles. The Labute approximate surface area is 190 Å². The average Bonchev–Trinajstić information content (AvgIpc) is 3.21. The Morgan fingerprint density at radius 1 is 1.17 bits per heavy atom. The van der Waals surface area contributed by atoms with Crippen LogP contribution in [0, 0.1) is 0 Å². The Bertz CT molecular complexity index is 786. The highest BCUT2D eigenvalue weighted by molar-refractivity contribution is 14.0. The van der Waals surface area contributed by atoms with Crippen molar-refractivity contribution in [3.05, 3.63) is 54.1 Å². The zero-order valence-electron chi connectivity index (χ0n) is 17.4. The Kier molecular flexibility index (Phi) is 9.37. The topological polar surface area (TPSA) is 58.1 Å². The molecule has 158 valence electrons. The maximum atomic E-state index is 5.66. The van der Waals surface area contributed by atoms with Crippen LogP contribution in [0.4, 0.5) is 5.69 Å². The first kappa shape index (κ1) is 23.1. The minimum Gasteiger partial charge on any atom is -0.493 e. The third-order valence-corrected chi connectivity index (χ3v) is 4.86. The molecule has 0 amide bonds. The molecule has 0 spiro atoms. The molecule has 1 unspecified atom stereocenters. The molecule has 1 aliphatic heterocycles. The Morgan fingerprint density at radius 2 is 1.97 bits per heavy atom. The van der Waals surface area contributed by atoms with Gasteiger partial charge in [0.25, 0.3) is 0 Å². The number of hydrogen-bond acceptors (Lipinski definition) is 4. The second-order valence-corrected chi connectivity index (χ2v) is 6.76. The number of ether oxygens (including phenoxy) is 2. The maximum absolute atomic E-state index is 5.66. The molecule has 2 N–H and O–H groups in total. The summed E-state index contributed by atoms with van der Waals surface area (Å²) in [6, 6.07) is 16.9. The van der Waals surface area contributed by atoms with Crippen LogP contribution in [0.25, 0.3) is 0 Å². The molecule has 2 aromatic carbocycles. The smallest absolute Gasteiger partial charge is 0.191 e. The zero-order chi connectivity index (χ0) is 19.8. The lowest BCUT2D eigenvalue weighted by Crippen LogP contribution is -2.44. The van der Waals surface area contributed by atoms with Gasteiger partial charge in [-0.1, -0.05) is 24.3 Å². The van der Waals surface area contributed by atoms with Crippen molar-refractivity contribution in [3.8, 4) is 11.5 Å². The zero-order valence-corrected chi connectivity index (χ0v) is 19.7. The highest BCUT2D eigenvalue weighted by atomic mass is 127. The van der Waals surface area contributed by atoms with Crippen LogP contribution in [0.2, 0.25) is 0 Å². The molecular weight excluding hydrogens is 479 g/mol. The molecule has 7 heteroatoms. The van der Waals surface area contributed by atoms with Crippen molar-refractivity contribution in [3.63, 3.8) is 0 Å². The van der Waals surface area contributed by atoms with Crippen molar-refractivity contribution in [2.75, 3.05) is 38.8 Å². The van der Waals surface area contributed by atoms with Crippen molar-refractivity contribution < 1.29 is 9.47 Å². The number of halogens is 1. The van der Waals surface area contributed by atoms with Crippen molar-refractivity contribution in [1.29, 1.82) is 0 Å². The summed E-state index contributed by atoms with van der Waals surface area (Å²) >= 11 is 0. The van der Waals surface area contributed by atoms with Crippen molar-refractivity contribution in [1.82, 2.24) is 10.6 Å². The Morgan fingerprint density at radius 3 is 2.66 bits per heavy atom. The number of benzene rings is 2. The third kappa shape index (κ3) is 6.42. The van der Waals surface area contributed by atoms with E-state index in [0.29, 0.717) is 19.2 Å². The lowest BCUT2D eigenvalue weighted by molar-refractivity contribution is 0.310. The third-order valence-electron chi connectivity index (χ3n) is 4.86. The van der Waals surface area contributed by atoms with E-state index in [1.54, 1.807) is 14.2 Å². The molecule has 1 fully saturated rings. The second kappa shape index (κ2) is 11.7. The Balaban J connectivity index is 0.00000300. The van der Waals surface area contributed by atoms with Gasteiger partial charge in [0.05, 0.1) is 13.7 Å². The number of nitrogens with zero attached hydrogens (tertiary/aromatic N) is 2. The highest BCUT2D eigenvalue weighted by Gasteiger charge is 2.23. The molecular formula is C22H31IN4O2. The largest absolute Gasteiger partial charge is 0.493 e. The second-order valence-electron chi connectivity index (χ2n) is 6.76. The summed E-state index contributed by atoms with van der Waals surface area (Å²) in [6.45, 7) is 5.27. The predicted molar refractivity (Wildman–Crippen MR) is 130 cm³/mol. The molecule has 1 heterocycles. The van der Waals surface area contributed by atoms with Crippen molar-refractivity contribution in [2.45, 2.75) is 25.9 Å². The SMILES string of the molecule is CCOc1cc(CNC(=NC)NC2CCN(c3ccccc3)C2)ccc1OC.I. The summed E-state index contributed by atoms with van der Waals surface area (Å²) in [5, 5.41) is 6.94. The van der Waals surface area contributed by atoms with E-state index in [0.717, 1.165) is 42.5 Å². The monoisotopic (exact) mass is 510 g/mol. The van der Waals surface area contributed by atoms with Crippen LogP contribution in [-0.2, 0) is 6.54 Å². The summed E-state index contributed by atoms with van der Waals surface area (Å²) in [4.78, 5) is 6.78. The molecule has 0 aliphatic carbocycles. The summed E-state index contributed by atoms with van der Waals surface area (Å²) in [5.74, 6) is 2.33. The van der Waals surface area contributed by atoms with E-state index in [-0.39, 0.29) is 24.0 Å². The van der Waals surface area contributed by atoms with E-state index in [4.69, 9.17) is 9.47 Å². The average molecular weight is 510 g/mol. The van der Waals surface area contributed by atoms with Gasteiger partial charge in [0.2, 0.25) is 0 Å². The fraction of sp³-hybridized carbons (Fsp3) is 0.409. The lowest BCUT2D eigenvalue weighted by Gasteiger charge is -2.20. The lowest BCUT2D eigenvalue weighted by atomic mass is 10.2. The molecule has 3 rings (SSSR count). The summed E-state index contributed by atoms with van der Waals surface area (Å²) in [6.07, 6.45) is 1.09. The van der Waals surface area contributed by atoms with Crippen LogP contribution < -0.4 is 25.0 Å². The number of rotatable bonds is 7. The normalized spacial score (nSPS) is 16.2. The number of para-hydroxylation sites is 1. The van der Waals surface area contributed by atoms with Gasteiger partial charge >= 0.3 is 0 Å². The van der Waals surface area contributed by atoms with Gasteiger partial charge in [-0.25, -0.2) is 0 Å². The maximum Gasteiger partial charge on any atom is 0.191 e. The molecule has 1 atom stereocenters. The van der Waals surface area contributed by atoms with E-state index in [9.17, 15) is 0 Å². The standard InChI is InChI=1S/C22H30N4O2.HI/c1-4-28-21-14-17(10-11-20(21)27-3)15-24-22(23-2)25-18-12-13-26(16-18)19-8-6-5-7-9-19;/h5-11,14,18H,4,12-13,15-16H2,1-3H3,(H2,23,24,25);1H. The first-order valence-corrected chi connectivity index (χ1v) is 9.80. The van der Waals surface area contributed by atoms with E-state index >= 15 is 0 Å². The van der Waals surface area contributed by atoms with Gasteiger partial charge in [-0.2, -0.15) is 0 Å². The predicted octanol–water partition coefficient (Wildman–Crippen LogP) is 3.66. The quantitative estimate of drug-likeness (QED) is 0.339. The number of anilines is 1. The summed E-state index contributed by atoms with van der Waals surface area (Å²) < 4.78 is 11.0. The molecule has 2 aromatic rings. The fourth-order valence-corrected chi connectivity index (χ4v) is 3.42. The highest BCUT2D eigenvalue weighted by Crippen LogP contribution is 2.28. The number of nitrogens with one attached hydrogen (secondary N) is 2. The van der Waals surface area contributed by atoms with Crippen molar-refractivity contribution in [2.24, 2.45) is 4.99 Å². The van der Waals surface area contributed by atoms with Gasteiger partial charge in [-0.3, -0.25) is 4.99 Å². The minimum absolute atomic E-state index is 0. The Hall–Kier alpha value is -2.16. The molecule has 6 nitrogen and oxygen atoms in total. The van der Waals surface area contributed by atoms with Gasteiger partial charge in [-0.05, 0) is 43.2 Å². The van der Waals surface area contributed by atoms with E-state index in [1.807, 2.05) is 25.1 Å². The van der Waals surface area contributed by atoms with Crippen LogP contribution in [-0.4, -0.2) is 45.9 Å². The number of hydrogen-bond donors (Lipinski definition) is 2. The van der Waals surface area contributed by atoms with E-state index in [2.05, 4.69) is 50.9 Å². The van der Waals surface area contributed by atoms with Crippen LogP contribution >= 0.6 is 24.0 Å². The molecule has 1 saturated heterocycles. The van der Waals surface area contributed by atoms with Crippen LogP contribution in [0.1, 0.15) is 18.9 Å². The van der Waals surface area contributed by atoms with E-state index in [1.165, 1.54) is 5.69 Å². The molecule has 1 aliphatic rings. The fourth-order valence-electron chi connectivity index (χ4n) is 3.42. The number of aliphatic imine (C=N–C) groups is 1. The summed E-state index contributed by atoms with van der Waals surface area (Å²) in [5.41, 5.74) is 2.39. The molecule has 29 heavy (non-hydrogen) atoms. The van der Waals surface area contributed by atoms with Crippen LogP contribution in [0.5, 0.6) is 11.5 Å². The van der Waals surface area contributed by atoms with Gasteiger partial charge < -0.3 is 25.0 Å². The van der Waals surface area contributed by atoms with Crippen LogP contribution in [0.3, 0.4) is 0 Å².